The lowest BCUT2D eigenvalue weighted by Gasteiger charge is -2.11. The normalized spacial score (nSPS) is 10.8. The van der Waals surface area contributed by atoms with Gasteiger partial charge in [-0.3, -0.25) is 0 Å². The number of esters is 2. The first kappa shape index (κ1) is 35.6. The first-order chi connectivity index (χ1) is 22.0. The van der Waals surface area contributed by atoms with Crippen LogP contribution in [0.3, 0.4) is 0 Å². The van der Waals surface area contributed by atoms with E-state index < -0.39 is 11.9 Å². The van der Waals surface area contributed by atoms with E-state index in [0.29, 0.717) is 52.9 Å². The van der Waals surface area contributed by atoms with Gasteiger partial charge in [-0.25, -0.2) is 9.59 Å². The summed E-state index contributed by atoms with van der Waals surface area (Å²) in [4.78, 5) is 25.4. The largest absolute Gasteiger partial charge is 0.494 e. The number of rotatable bonds is 22. The van der Waals surface area contributed by atoms with E-state index in [-0.39, 0.29) is 13.2 Å². The highest BCUT2D eigenvalue weighted by molar-refractivity contribution is 5.92. The zero-order chi connectivity index (χ0) is 32.1. The van der Waals surface area contributed by atoms with E-state index >= 15 is 0 Å². The van der Waals surface area contributed by atoms with Crippen molar-refractivity contribution in [2.24, 2.45) is 0 Å². The van der Waals surface area contributed by atoms with Crippen LogP contribution in [0.2, 0.25) is 0 Å². The van der Waals surface area contributed by atoms with Crippen LogP contribution >= 0.6 is 0 Å². The second-order valence-corrected chi connectivity index (χ2v) is 11.1. The molecule has 0 saturated heterocycles. The molecule has 0 atom stereocenters. The molecule has 3 rings (SSSR count). The van der Waals surface area contributed by atoms with Crippen LogP contribution in [0.15, 0.2) is 66.7 Å². The molecule has 0 aliphatic carbocycles. The Morgan fingerprint density at radius 1 is 0.511 bits per heavy atom. The molecule has 0 radical (unpaired) electrons. The number of hydrogen-bond acceptors (Lipinski definition) is 8. The predicted molar refractivity (Wildman–Crippen MR) is 175 cm³/mol. The second kappa shape index (κ2) is 21.0. The van der Waals surface area contributed by atoms with Crippen molar-refractivity contribution in [1.82, 2.24) is 0 Å². The summed E-state index contributed by atoms with van der Waals surface area (Å²) in [6, 6.07) is 18.6. The SMILES string of the molecule is Cc1cc(OC(=O)c2ccc(OCCCCCCCCO)cc2)ccc1OC(=O)c1ccc(OCCCCCCCCO)cc1. The number of carbonyl (C=O) groups is 2. The second-order valence-electron chi connectivity index (χ2n) is 11.1. The molecule has 0 saturated carbocycles. The average molecular weight is 621 g/mol. The lowest BCUT2D eigenvalue weighted by molar-refractivity contribution is 0.0718. The van der Waals surface area contributed by atoms with E-state index in [9.17, 15) is 9.59 Å². The van der Waals surface area contributed by atoms with Gasteiger partial charge in [0.05, 0.1) is 24.3 Å². The maximum atomic E-state index is 12.7. The number of aliphatic hydroxyl groups is 2. The number of aliphatic hydroxyl groups excluding tert-OH is 2. The third-order valence-electron chi connectivity index (χ3n) is 7.38. The Bertz CT molecular complexity index is 1270. The van der Waals surface area contributed by atoms with Gasteiger partial charge >= 0.3 is 11.9 Å². The average Bonchev–Trinajstić information content (AvgIpc) is 3.05. The Morgan fingerprint density at radius 2 is 0.911 bits per heavy atom. The highest BCUT2D eigenvalue weighted by atomic mass is 16.5. The Kier molecular flexibility index (Phi) is 16.6. The first-order valence-electron chi connectivity index (χ1n) is 16.2. The third kappa shape index (κ3) is 13.7. The number of ether oxygens (including phenoxy) is 4. The van der Waals surface area contributed by atoms with Crippen LogP contribution in [-0.4, -0.2) is 48.6 Å². The smallest absolute Gasteiger partial charge is 0.343 e. The van der Waals surface area contributed by atoms with Gasteiger partial charge in [-0.1, -0.05) is 51.4 Å². The standard InChI is InChI=1S/C37H48O8/c1-29-28-34(44-36(40)30-14-18-32(19-15-30)42-26-12-8-4-2-6-10-24-38)22-23-35(29)45-37(41)31-16-20-33(21-17-31)43-27-13-9-5-3-7-11-25-39/h14-23,28,38-39H,2-13,24-27H2,1H3. The molecule has 3 aromatic rings. The van der Waals surface area contributed by atoms with Gasteiger partial charge in [0.1, 0.15) is 23.0 Å². The number of benzene rings is 3. The van der Waals surface area contributed by atoms with Gasteiger partial charge in [0, 0.05) is 13.2 Å². The van der Waals surface area contributed by atoms with Crippen LogP contribution in [-0.2, 0) is 0 Å². The van der Waals surface area contributed by atoms with Crippen LogP contribution in [0.5, 0.6) is 23.0 Å². The lowest BCUT2D eigenvalue weighted by atomic mass is 10.1. The summed E-state index contributed by atoms with van der Waals surface area (Å²) in [7, 11) is 0. The minimum Gasteiger partial charge on any atom is -0.494 e. The molecule has 2 N–H and O–H groups in total. The summed E-state index contributed by atoms with van der Waals surface area (Å²) in [5.41, 5.74) is 1.46. The molecule has 0 aromatic heterocycles. The number of unbranched alkanes of at least 4 members (excludes halogenated alkanes) is 10. The van der Waals surface area contributed by atoms with Crippen molar-refractivity contribution >= 4 is 11.9 Å². The summed E-state index contributed by atoms with van der Waals surface area (Å²) in [5.74, 6) is 1.15. The molecule has 8 nitrogen and oxygen atoms in total. The van der Waals surface area contributed by atoms with Gasteiger partial charge in [-0.15, -0.1) is 0 Å². The molecular formula is C37H48O8. The molecule has 0 bridgehead atoms. The monoisotopic (exact) mass is 620 g/mol. The zero-order valence-corrected chi connectivity index (χ0v) is 26.5. The van der Waals surface area contributed by atoms with E-state index in [1.165, 1.54) is 0 Å². The van der Waals surface area contributed by atoms with E-state index in [1.54, 1.807) is 73.7 Å². The third-order valence-corrected chi connectivity index (χ3v) is 7.38. The lowest BCUT2D eigenvalue weighted by Crippen LogP contribution is -2.10. The molecule has 0 unspecified atom stereocenters. The molecule has 0 fully saturated rings. The first-order valence-corrected chi connectivity index (χ1v) is 16.2. The van der Waals surface area contributed by atoms with Gasteiger partial charge in [0.2, 0.25) is 0 Å². The van der Waals surface area contributed by atoms with Gasteiger partial charge in [0.15, 0.2) is 0 Å². The maximum Gasteiger partial charge on any atom is 0.343 e. The predicted octanol–water partition coefficient (Wildman–Crippen LogP) is 7.86. The molecular weight excluding hydrogens is 572 g/mol. The summed E-state index contributed by atoms with van der Waals surface area (Å²) in [6.07, 6.45) is 12.5. The van der Waals surface area contributed by atoms with Gasteiger partial charge in [-0.2, -0.15) is 0 Å². The maximum absolute atomic E-state index is 12.7. The van der Waals surface area contributed by atoms with Crippen molar-refractivity contribution in [3.8, 4) is 23.0 Å². The fourth-order valence-corrected chi connectivity index (χ4v) is 4.72. The minimum absolute atomic E-state index is 0.263. The van der Waals surface area contributed by atoms with Crippen LogP contribution in [0.1, 0.15) is 103 Å². The Balaban J connectivity index is 1.39. The van der Waals surface area contributed by atoms with Crippen molar-refractivity contribution in [3.05, 3.63) is 83.4 Å². The fraction of sp³-hybridized carbons (Fsp3) is 0.459. The van der Waals surface area contributed by atoms with E-state index in [2.05, 4.69) is 0 Å². The van der Waals surface area contributed by atoms with Crippen molar-refractivity contribution in [1.29, 1.82) is 0 Å². The van der Waals surface area contributed by atoms with E-state index in [0.717, 1.165) is 77.0 Å². The van der Waals surface area contributed by atoms with Crippen molar-refractivity contribution < 1.29 is 38.7 Å². The number of carbonyl (C=O) groups excluding carboxylic acids is 2. The molecule has 3 aromatic carbocycles. The number of hydrogen-bond donors (Lipinski definition) is 2. The molecule has 0 amide bonds. The fourth-order valence-electron chi connectivity index (χ4n) is 4.72. The van der Waals surface area contributed by atoms with E-state index in [4.69, 9.17) is 29.2 Å². The summed E-state index contributed by atoms with van der Waals surface area (Å²) in [6.45, 7) is 3.55. The Morgan fingerprint density at radius 3 is 1.36 bits per heavy atom. The summed E-state index contributed by atoms with van der Waals surface area (Å²) >= 11 is 0. The van der Waals surface area contributed by atoms with Gasteiger partial charge in [0.25, 0.3) is 0 Å². The van der Waals surface area contributed by atoms with Crippen LogP contribution in [0.25, 0.3) is 0 Å². The van der Waals surface area contributed by atoms with Crippen LogP contribution in [0, 0.1) is 6.92 Å². The quantitative estimate of drug-likeness (QED) is 0.0664. The molecule has 0 spiro atoms. The molecule has 0 aliphatic heterocycles. The molecule has 8 heteroatoms. The zero-order valence-electron chi connectivity index (χ0n) is 26.5. The highest BCUT2D eigenvalue weighted by Crippen LogP contribution is 2.26. The topological polar surface area (TPSA) is 112 Å². The van der Waals surface area contributed by atoms with Crippen LogP contribution in [0.4, 0.5) is 0 Å². The van der Waals surface area contributed by atoms with Gasteiger partial charge in [-0.05, 0) is 105 Å². The molecule has 0 aliphatic rings. The summed E-state index contributed by atoms with van der Waals surface area (Å²) < 4.78 is 22.7. The van der Waals surface area contributed by atoms with Crippen LogP contribution < -0.4 is 18.9 Å². The van der Waals surface area contributed by atoms with Crippen molar-refractivity contribution in [2.75, 3.05) is 26.4 Å². The van der Waals surface area contributed by atoms with Gasteiger partial charge < -0.3 is 29.2 Å². The molecule has 0 heterocycles. The number of aryl methyl sites for hydroxylation is 1. The highest BCUT2D eigenvalue weighted by Gasteiger charge is 2.14. The summed E-state index contributed by atoms with van der Waals surface area (Å²) in [5, 5.41) is 17.6. The van der Waals surface area contributed by atoms with E-state index in [1.807, 2.05) is 0 Å². The Hall–Kier alpha value is -3.88. The van der Waals surface area contributed by atoms with Crippen molar-refractivity contribution in [3.63, 3.8) is 0 Å². The van der Waals surface area contributed by atoms with Crippen molar-refractivity contribution in [2.45, 2.75) is 84.0 Å². The molecule has 45 heavy (non-hydrogen) atoms. The minimum atomic E-state index is -0.492. The Labute approximate surface area is 267 Å². The molecule has 244 valence electrons.